The summed E-state index contributed by atoms with van der Waals surface area (Å²) in [5.41, 5.74) is 2.14. The molecular weight excluding hydrogens is 436 g/mol. The number of halogens is 1. The molecule has 3 aromatic carbocycles. The van der Waals surface area contributed by atoms with Crippen molar-refractivity contribution < 1.29 is 14.3 Å². The van der Waals surface area contributed by atoms with E-state index in [2.05, 4.69) is 22.3 Å². The van der Waals surface area contributed by atoms with Crippen molar-refractivity contribution in [3.63, 3.8) is 0 Å². The number of para-hydroxylation sites is 2. The molecule has 5 nitrogen and oxygen atoms in total. The number of ether oxygens (including phenoxy) is 2. The molecule has 2 atom stereocenters. The number of hydrogen-bond acceptors (Lipinski definition) is 4. The maximum atomic E-state index is 12.7. The molecule has 172 valence electrons. The Morgan fingerprint density at radius 2 is 1.85 bits per heavy atom. The molecule has 0 aromatic heterocycles. The lowest BCUT2D eigenvalue weighted by Gasteiger charge is -2.19. The van der Waals surface area contributed by atoms with Crippen LogP contribution in [0, 0.1) is 0 Å². The normalized spacial score (nSPS) is 16.9. The molecular formula is C27H29ClN2O3. The molecule has 0 bridgehead atoms. The van der Waals surface area contributed by atoms with Crippen LogP contribution in [0.15, 0.2) is 72.8 Å². The molecule has 1 N–H and O–H groups in total. The van der Waals surface area contributed by atoms with Crippen molar-refractivity contribution in [2.24, 2.45) is 0 Å². The summed E-state index contributed by atoms with van der Waals surface area (Å²) in [6.45, 7) is 4.51. The van der Waals surface area contributed by atoms with Gasteiger partial charge in [0.25, 0.3) is 0 Å². The second-order valence-corrected chi connectivity index (χ2v) is 8.84. The zero-order valence-electron chi connectivity index (χ0n) is 19.0. The quantitative estimate of drug-likeness (QED) is 0.469. The molecule has 0 radical (unpaired) electrons. The molecule has 0 aliphatic carbocycles. The van der Waals surface area contributed by atoms with E-state index in [0.29, 0.717) is 16.5 Å². The van der Waals surface area contributed by atoms with Gasteiger partial charge in [0.1, 0.15) is 5.75 Å². The second kappa shape index (κ2) is 10.7. The summed E-state index contributed by atoms with van der Waals surface area (Å²) in [4.78, 5) is 15.1. The molecule has 3 aromatic rings. The highest BCUT2D eigenvalue weighted by Gasteiger charge is 2.26. The smallest absolute Gasteiger partial charge is 0.227 e. The van der Waals surface area contributed by atoms with E-state index >= 15 is 0 Å². The third-order valence-corrected chi connectivity index (χ3v) is 6.24. The first kappa shape index (κ1) is 23.1. The van der Waals surface area contributed by atoms with Crippen molar-refractivity contribution in [1.82, 2.24) is 10.2 Å². The molecule has 2 unspecified atom stereocenters. The highest BCUT2D eigenvalue weighted by Crippen LogP contribution is 2.31. The molecule has 33 heavy (non-hydrogen) atoms. The van der Waals surface area contributed by atoms with Crippen molar-refractivity contribution in [2.75, 3.05) is 20.2 Å². The third kappa shape index (κ3) is 6.06. The van der Waals surface area contributed by atoms with Gasteiger partial charge in [-0.15, -0.1) is 0 Å². The summed E-state index contributed by atoms with van der Waals surface area (Å²) in [6.07, 6.45) is 0.941. The molecule has 0 saturated carbocycles. The van der Waals surface area contributed by atoms with Gasteiger partial charge in [-0.2, -0.15) is 0 Å². The van der Waals surface area contributed by atoms with Gasteiger partial charge < -0.3 is 14.8 Å². The number of rotatable bonds is 8. The van der Waals surface area contributed by atoms with Crippen LogP contribution in [0.25, 0.3) is 0 Å². The van der Waals surface area contributed by atoms with Crippen LogP contribution < -0.4 is 14.8 Å². The van der Waals surface area contributed by atoms with Gasteiger partial charge in [0, 0.05) is 30.7 Å². The van der Waals surface area contributed by atoms with Gasteiger partial charge in [-0.1, -0.05) is 48.0 Å². The SMILES string of the molecule is COc1ccccc1Oc1cccc(CN2CCC(NC(=O)C(C)c3ccc(Cl)cc3)C2)c1. The van der Waals surface area contributed by atoms with Gasteiger partial charge in [0.15, 0.2) is 11.5 Å². The van der Waals surface area contributed by atoms with Crippen LogP contribution in [-0.4, -0.2) is 37.0 Å². The monoisotopic (exact) mass is 464 g/mol. The first-order valence-electron chi connectivity index (χ1n) is 11.2. The fraction of sp³-hybridized carbons (Fsp3) is 0.296. The number of carbonyl (C=O) groups excluding carboxylic acids is 1. The number of carbonyl (C=O) groups is 1. The number of nitrogens with one attached hydrogen (secondary N) is 1. The molecule has 1 fully saturated rings. The van der Waals surface area contributed by atoms with Gasteiger partial charge in [0.2, 0.25) is 5.91 Å². The number of methoxy groups -OCH3 is 1. The molecule has 1 heterocycles. The maximum absolute atomic E-state index is 12.7. The lowest BCUT2D eigenvalue weighted by atomic mass is 10.00. The summed E-state index contributed by atoms with van der Waals surface area (Å²) in [5.74, 6) is 2.01. The Hall–Kier alpha value is -3.02. The Morgan fingerprint density at radius 1 is 1.09 bits per heavy atom. The Labute approximate surface area is 200 Å². The van der Waals surface area contributed by atoms with Crippen LogP contribution in [0.5, 0.6) is 17.2 Å². The molecule has 1 saturated heterocycles. The Bertz CT molecular complexity index is 1090. The van der Waals surface area contributed by atoms with E-state index in [4.69, 9.17) is 21.1 Å². The number of benzene rings is 3. The first-order chi connectivity index (χ1) is 16.0. The Kier molecular flexibility index (Phi) is 7.53. The van der Waals surface area contributed by atoms with E-state index in [1.54, 1.807) is 7.11 Å². The minimum Gasteiger partial charge on any atom is -0.493 e. The number of likely N-dealkylation sites (tertiary alicyclic amines) is 1. The van der Waals surface area contributed by atoms with Crippen LogP contribution in [-0.2, 0) is 11.3 Å². The van der Waals surface area contributed by atoms with Crippen molar-refractivity contribution in [2.45, 2.75) is 31.8 Å². The zero-order chi connectivity index (χ0) is 23.2. The van der Waals surface area contributed by atoms with Crippen molar-refractivity contribution in [3.05, 3.63) is 88.9 Å². The average Bonchev–Trinajstić information content (AvgIpc) is 3.26. The fourth-order valence-electron chi connectivity index (χ4n) is 4.12. The van der Waals surface area contributed by atoms with Crippen LogP contribution >= 0.6 is 11.6 Å². The van der Waals surface area contributed by atoms with Gasteiger partial charge >= 0.3 is 0 Å². The number of amides is 1. The molecule has 1 aliphatic rings. The highest BCUT2D eigenvalue weighted by molar-refractivity contribution is 6.30. The lowest BCUT2D eigenvalue weighted by Crippen LogP contribution is -2.39. The summed E-state index contributed by atoms with van der Waals surface area (Å²) < 4.78 is 11.4. The van der Waals surface area contributed by atoms with E-state index in [-0.39, 0.29) is 17.9 Å². The van der Waals surface area contributed by atoms with Crippen LogP contribution in [0.1, 0.15) is 30.4 Å². The minimum absolute atomic E-state index is 0.0522. The van der Waals surface area contributed by atoms with Gasteiger partial charge in [0.05, 0.1) is 13.0 Å². The summed E-state index contributed by atoms with van der Waals surface area (Å²) >= 11 is 5.96. The topological polar surface area (TPSA) is 50.8 Å². The fourth-order valence-corrected chi connectivity index (χ4v) is 4.24. The third-order valence-electron chi connectivity index (χ3n) is 5.98. The van der Waals surface area contributed by atoms with Crippen molar-refractivity contribution in [3.8, 4) is 17.2 Å². The number of nitrogens with zero attached hydrogens (tertiary/aromatic N) is 1. The van der Waals surface area contributed by atoms with Crippen LogP contribution in [0.2, 0.25) is 5.02 Å². The molecule has 1 aliphatic heterocycles. The largest absolute Gasteiger partial charge is 0.493 e. The molecule has 6 heteroatoms. The van der Waals surface area contributed by atoms with Crippen LogP contribution in [0.4, 0.5) is 0 Å². The van der Waals surface area contributed by atoms with E-state index in [0.717, 1.165) is 37.4 Å². The lowest BCUT2D eigenvalue weighted by molar-refractivity contribution is -0.122. The Morgan fingerprint density at radius 3 is 2.61 bits per heavy atom. The summed E-state index contributed by atoms with van der Waals surface area (Å²) in [7, 11) is 1.64. The zero-order valence-corrected chi connectivity index (χ0v) is 19.7. The summed E-state index contributed by atoms with van der Waals surface area (Å²) in [5, 5.41) is 3.89. The predicted octanol–water partition coefficient (Wildman–Crippen LogP) is 5.64. The molecule has 1 amide bonds. The maximum Gasteiger partial charge on any atom is 0.227 e. The van der Waals surface area contributed by atoms with Gasteiger partial charge in [-0.3, -0.25) is 9.69 Å². The number of hydrogen-bond donors (Lipinski definition) is 1. The van der Waals surface area contributed by atoms with Crippen molar-refractivity contribution >= 4 is 17.5 Å². The average molecular weight is 465 g/mol. The molecule has 0 spiro atoms. The first-order valence-corrected chi connectivity index (χ1v) is 11.6. The second-order valence-electron chi connectivity index (χ2n) is 8.40. The van der Waals surface area contributed by atoms with E-state index in [9.17, 15) is 4.79 Å². The van der Waals surface area contributed by atoms with Gasteiger partial charge in [-0.25, -0.2) is 0 Å². The van der Waals surface area contributed by atoms with Crippen LogP contribution in [0.3, 0.4) is 0 Å². The summed E-state index contributed by atoms with van der Waals surface area (Å²) in [6, 6.07) is 23.3. The van der Waals surface area contributed by atoms with Crippen molar-refractivity contribution in [1.29, 1.82) is 0 Å². The minimum atomic E-state index is -0.208. The van der Waals surface area contributed by atoms with Gasteiger partial charge in [-0.05, 0) is 60.9 Å². The standard InChI is InChI=1S/C27H29ClN2O3/c1-19(21-10-12-22(28)13-11-21)27(31)29-23-14-15-30(18-23)17-20-6-5-7-24(16-20)33-26-9-4-3-8-25(26)32-2/h3-13,16,19,23H,14-15,17-18H2,1-2H3,(H,29,31). The Balaban J connectivity index is 1.31. The highest BCUT2D eigenvalue weighted by atomic mass is 35.5. The molecule has 4 rings (SSSR count). The predicted molar refractivity (Wildman–Crippen MR) is 131 cm³/mol. The van der Waals surface area contributed by atoms with E-state index in [1.807, 2.05) is 67.6 Å². The van der Waals surface area contributed by atoms with E-state index < -0.39 is 0 Å². The van der Waals surface area contributed by atoms with E-state index in [1.165, 1.54) is 5.56 Å².